The van der Waals surface area contributed by atoms with E-state index in [2.05, 4.69) is 5.32 Å². The zero-order chi connectivity index (χ0) is 21.4. The molecular weight excluding hydrogens is 368 g/mol. The van der Waals surface area contributed by atoms with Crippen LogP contribution in [0, 0.1) is 0 Å². The molecule has 6 heteroatoms. The van der Waals surface area contributed by atoms with Crippen LogP contribution in [-0.2, 0) is 22.6 Å². The molecule has 0 heterocycles. The number of methoxy groups -OCH3 is 2. The Labute approximate surface area is 172 Å². The second kappa shape index (κ2) is 10.5. The summed E-state index contributed by atoms with van der Waals surface area (Å²) < 4.78 is 10.4. The SMILES string of the molecule is COc1ccc(CC(=O)N(Cc2cccc(OC)c2)C(C)C(=O)NC(C)C)cc1. The lowest BCUT2D eigenvalue weighted by molar-refractivity contribution is -0.140. The summed E-state index contributed by atoms with van der Waals surface area (Å²) in [4.78, 5) is 27.4. The molecule has 156 valence electrons. The molecule has 2 aromatic carbocycles. The van der Waals surface area contributed by atoms with E-state index < -0.39 is 6.04 Å². The largest absolute Gasteiger partial charge is 0.497 e. The number of benzene rings is 2. The fourth-order valence-electron chi connectivity index (χ4n) is 2.97. The first-order chi connectivity index (χ1) is 13.8. The Balaban J connectivity index is 2.23. The average molecular weight is 399 g/mol. The third-order valence-electron chi connectivity index (χ3n) is 4.60. The van der Waals surface area contributed by atoms with Crippen LogP contribution >= 0.6 is 0 Å². The molecule has 0 aliphatic carbocycles. The zero-order valence-corrected chi connectivity index (χ0v) is 17.8. The molecule has 6 nitrogen and oxygen atoms in total. The zero-order valence-electron chi connectivity index (χ0n) is 17.8. The second-order valence-corrected chi connectivity index (χ2v) is 7.24. The molecule has 2 amide bonds. The molecular formula is C23H30N2O4. The van der Waals surface area contributed by atoms with E-state index in [0.29, 0.717) is 12.3 Å². The Morgan fingerprint density at radius 1 is 0.931 bits per heavy atom. The summed E-state index contributed by atoms with van der Waals surface area (Å²) in [6, 6.07) is 14.3. The van der Waals surface area contributed by atoms with Gasteiger partial charge in [0.1, 0.15) is 17.5 Å². The van der Waals surface area contributed by atoms with Crippen molar-refractivity contribution >= 4 is 11.8 Å². The molecule has 2 rings (SSSR count). The number of hydrogen-bond donors (Lipinski definition) is 1. The van der Waals surface area contributed by atoms with Crippen LogP contribution in [0.1, 0.15) is 31.9 Å². The smallest absolute Gasteiger partial charge is 0.242 e. The number of hydrogen-bond acceptors (Lipinski definition) is 4. The first-order valence-electron chi connectivity index (χ1n) is 9.69. The minimum absolute atomic E-state index is 0.000287. The molecule has 0 spiro atoms. The third-order valence-corrected chi connectivity index (χ3v) is 4.60. The van der Waals surface area contributed by atoms with E-state index in [-0.39, 0.29) is 24.3 Å². The summed E-state index contributed by atoms with van der Waals surface area (Å²) in [5, 5.41) is 2.89. The van der Waals surface area contributed by atoms with Crippen molar-refractivity contribution in [3.8, 4) is 11.5 Å². The van der Waals surface area contributed by atoms with Crippen LogP contribution < -0.4 is 14.8 Å². The van der Waals surface area contributed by atoms with Crippen LogP contribution in [0.2, 0.25) is 0 Å². The Hall–Kier alpha value is -3.02. The van der Waals surface area contributed by atoms with Crippen molar-refractivity contribution in [1.82, 2.24) is 10.2 Å². The molecule has 0 aromatic heterocycles. The van der Waals surface area contributed by atoms with Gasteiger partial charge in [-0.05, 0) is 56.2 Å². The molecule has 2 aromatic rings. The number of nitrogens with zero attached hydrogens (tertiary/aromatic N) is 1. The summed E-state index contributed by atoms with van der Waals surface area (Å²) in [5.41, 5.74) is 1.76. The van der Waals surface area contributed by atoms with Gasteiger partial charge in [-0.25, -0.2) is 0 Å². The van der Waals surface area contributed by atoms with Crippen molar-refractivity contribution in [3.63, 3.8) is 0 Å². The van der Waals surface area contributed by atoms with E-state index in [1.54, 1.807) is 26.0 Å². The topological polar surface area (TPSA) is 67.9 Å². The van der Waals surface area contributed by atoms with Crippen molar-refractivity contribution in [2.45, 2.75) is 45.8 Å². The Morgan fingerprint density at radius 2 is 1.59 bits per heavy atom. The van der Waals surface area contributed by atoms with Crippen molar-refractivity contribution in [3.05, 3.63) is 59.7 Å². The average Bonchev–Trinajstić information content (AvgIpc) is 2.71. The number of nitrogens with one attached hydrogen (secondary N) is 1. The number of carbonyl (C=O) groups is 2. The fourth-order valence-corrected chi connectivity index (χ4v) is 2.97. The Bertz CT molecular complexity index is 818. The minimum Gasteiger partial charge on any atom is -0.497 e. The van der Waals surface area contributed by atoms with Gasteiger partial charge in [0, 0.05) is 12.6 Å². The Morgan fingerprint density at radius 3 is 2.17 bits per heavy atom. The molecule has 1 N–H and O–H groups in total. The van der Waals surface area contributed by atoms with Crippen LogP contribution in [0.25, 0.3) is 0 Å². The Kier molecular flexibility index (Phi) is 8.07. The summed E-state index contributed by atoms with van der Waals surface area (Å²) in [5.74, 6) is 1.15. The third kappa shape index (κ3) is 6.52. The quantitative estimate of drug-likeness (QED) is 0.704. The van der Waals surface area contributed by atoms with Gasteiger partial charge >= 0.3 is 0 Å². The molecule has 0 aliphatic heterocycles. The summed E-state index contributed by atoms with van der Waals surface area (Å²) in [7, 11) is 3.20. The maximum Gasteiger partial charge on any atom is 0.242 e. The van der Waals surface area contributed by atoms with Crippen LogP contribution in [-0.4, -0.2) is 43.0 Å². The summed E-state index contributed by atoms with van der Waals surface area (Å²) in [6.45, 7) is 5.87. The van der Waals surface area contributed by atoms with E-state index >= 15 is 0 Å². The molecule has 1 unspecified atom stereocenters. The highest BCUT2D eigenvalue weighted by molar-refractivity contribution is 5.88. The van der Waals surface area contributed by atoms with E-state index in [0.717, 1.165) is 16.9 Å². The number of carbonyl (C=O) groups excluding carboxylic acids is 2. The van der Waals surface area contributed by atoms with Crippen molar-refractivity contribution in [2.24, 2.45) is 0 Å². The first kappa shape index (κ1) is 22.3. The van der Waals surface area contributed by atoms with Gasteiger partial charge in [0.2, 0.25) is 11.8 Å². The lowest BCUT2D eigenvalue weighted by Crippen LogP contribution is -2.49. The highest BCUT2D eigenvalue weighted by atomic mass is 16.5. The predicted octanol–water partition coefficient (Wildman–Crippen LogP) is 3.19. The number of amides is 2. The molecule has 1 atom stereocenters. The van der Waals surface area contributed by atoms with Crippen molar-refractivity contribution in [1.29, 1.82) is 0 Å². The first-order valence-corrected chi connectivity index (χ1v) is 9.69. The van der Waals surface area contributed by atoms with Gasteiger partial charge in [-0.15, -0.1) is 0 Å². The molecule has 0 saturated heterocycles. The second-order valence-electron chi connectivity index (χ2n) is 7.24. The molecule has 0 fully saturated rings. The van der Waals surface area contributed by atoms with Crippen LogP contribution in [0.5, 0.6) is 11.5 Å². The standard InChI is InChI=1S/C23H30N2O4/c1-16(2)24-23(27)17(3)25(15-19-7-6-8-21(13-19)29-5)22(26)14-18-9-11-20(28-4)12-10-18/h6-13,16-17H,14-15H2,1-5H3,(H,24,27). The molecule has 0 aliphatic rings. The maximum absolute atomic E-state index is 13.1. The van der Waals surface area contributed by atoms with E-state index in [4.69, 9.17) is 9.47 Å². The van der Waals surface area contributed by atoms with Gasteiger partial charge in [0.25, 0.3) is 0 Å². The van der Waals surface area contributed by atoms with E-state index in [1.165, 1.54) is 0 Å². The van der Waals surface area contributed by atoms with E-state index in [9.17, 15) is 9.59 Å². The maximum atomic E-state index is 13.1. The van der Waals surface area contributed by atoms with Gasteiger partial charge < -0.3 is 19.7 Å². The monoisotopic (exact) mass is 398 g/mol. The normalized spacial score (nSPS) is 11.7. The summed E-state index contributed by atoms with van der Waals surface area (Å²) >= 11 is 0. The highest BCUT2D eigenvalue weighted by Gasteiger charge is 2.26. The van der Waals surface area contributed by atoms with Gasteiger partial charge in [0.15, 0.2) is 0 Å². The molecule has 29 heavy (non-hydrogen) atoms. The molecule has 0 bridgehead atoms. The van der Waals surface area contributed by atoms with Crippen LogP contribution in [0.15, 0.2) is 48.5 Å². The number of ether oxygens (including phenoxy) is 2. The fraction of sp³-hybridized carbons (Fsp3) is 0.391. The molecule has 0 saturated carbocycles. The van der Waals surface area contributed by atoms with Gasteiger partial charge in [-0.1, -0.05) is 24.3 Å². The van der Waals surface area contributed by atoms with Crippen LogP contribution in [0.4, 0.5) is 0 Å². The van der Waals surface area contributed by atoms with Gasteiger partial charge in [0.05, 0.1) is 20.6 Å². The van der Waals surface area contributed by atoms with Crippen molar-refractivity contribution in [2.75, 3.05) is 14.2 Å². The van der Waals surface area contributed by atoms with Crippen LogP contribution in [0.3, 0.4) is 0 Å². The minimum atomic E-state index is -0.602. The van der Waals surface area contributed by atoms with Gasteiger partial charge in [-0.2, -0.15) is 0 Å². The predicted molar refractivity (Wildman–Crippen MR) is 113 cm³/mol. The van der Waals surface area contributed by atoms with E-state index in [1.807, 2.05) is 62.4 Å². The molecule has 0 radical (unpaired) electrons. The lowest BCUT2D eigenvalue weighted by atomic mass is 10.1. The number of rotatable bonds is 9. The van der Waals surface area contributed by atoms with Gasteiger partial charge in [-0.3, -0.25) is 9.59 Å². The highest BCUT2D eigenvalue weighted by Crippen LogP contribution is 2.18. The van der Waals surface area contributed by atoms with Crippen molar-refractivity contribution < 1.29 is 19.1 Å². The lowest BCUT2D eigenvalue weighted by Gasteiger charge is -2.29. The summed E-state index contributed by atoms with van der Waals surface area (Å²) in [6.07, 6.45) is 0.202.